The number of aliphatic carboxylic acids is 1. The zero-order valence-corrected chi connectivity index (χ0v) is 6.82. The average Bonchev–Trinajstić information content (AvgIpc) is 2.05. The Labute approximate surface area is 70.1 Å². The molecule has 0 unspecified atom stereocenters. The number of aliphatic imine (C=N–C) groups is 1. The molecular formula is C7H12N2O3. The molecule has 0 spiro atoms. The third-order valence-corrected chi connectivity index (χ3v) is 1.95. The standard InChI is InChI=1S/C7H12N2O3/c1-7(3-10)2-5(6(11)12)8-4-9-7/h4-5,10H,2-3H2,1H3,(H,8,9)(H,11,12)/t5-,7+/m0/s1. The summed E-state index contributed by atoms with van der Waals surface area (Å²) in [5, 5.41) is 20.4. The summed E-state index contributed by atoms with van der Waals surface area (Å²) in [6.07, 6.45) is 1.66. The third-order valence-electron chi connectivity index (χ3n) is 1.95. The van der Waals surface area contributed by atoms with E-state index in [0.29, 0.717) is 6.42 Å². The lowest BCUT2D eigenvalue weighted by molar-refractivity contribution is -0.139. The van der Waals surface area contributed by atoms with E-state index in [4.69, 9.17) is 10.2 Å². The van der Waals surface area contributed by atoms with Crippen molar-refractivity contribution in [3.05, 3.63) is 0 Å². The summed E-state index contributed by atoms with van der Waals surface area (Å²) in [5.74, 6) is -0.951. The molecule has 0 fully saturated rings. The van der Waals surface area contributed by atoms with Crippen molar-refractivity contribution in [2.75, 3.05) is 6.61 Å². The minimum Gasteiger partial charge on any atom is -0.480 e. The van der Waals surface area contributed by atoms with Gasteiger partial charge in [-0.25, -0.2) is 4.79 Å². The van der Waals surface area contributed by atoms with Crippen molar-refractivity contribution >= 4 is 12.3 Å². The molecule has 1 aliphatic heterocycles. The summed E-state index contributed by atoms with van der Waals surface area (Å²) in [5.41, 5.74) is -0.551. The summed E-state index contributed by atoms with van der Waals surface area (Å²) in [7, 11) is 0. The Hall–Kier alpha value is -1.10. The molecule has 12 heavy (non-hydrogen) atoms. The van der Waals surface area contributed by atoms with Crippen LogP contribution >= 0.6 is 0 Å². The fourth-order valence-electron chi connectivity index (χ4n) is 1.08. The van der Waals surface area contributed by atoms with Crippen LogP contribution in [0.1, 0.15) is 13.3 Å². The van der Waals surface area contributed by atoms with E-state index in [1.807, 2.05) is 0 Å². The number of aliphatic hydroxyl groups excluding tert-OH is 1. The number of aliphatic hydroxyl groups is 1. The Morgan fingerprint density at radius 1 is 1.92 bits per heavy atom. The molecule has 0 aromatic rings. The van der Waals surface area contributed by atoms with Crippen molar-refractivity contribution in [3.8, 4) is 0 Å². The topological polar surface area (TPSA) is 81.9 Å². The number of nitrogens with zero attached hydrogens (tertiary/aromatic N) is 1. The van der Waals surface area contributed by atoms with Gasteiger partial charge in [0.05, 0.1) is 18.5 Å². The number of carbonyl (C=O) groups is 1. The monoisotopic (exact) mass is 172 g/mol. The molecule has 3 N–H and O–H groups in total. The van der Waals surface area contributed by atoms with Crippen LogP contribution in [0.5, 0.6) is 0 Å². The third kappa shape index (κ3) is 1.73. The van der Waals surface area contributed by atoms with E-state index in [2.05, 4.69) is 10.3 Å². The number of nitrogens with one attached hydrogen (secondary N) is 1. The van der Waals surface area contributed by atoms with E-state index in [-0.39, 0.29) is 6.61 Å². The first-order valence-electron chi connectivity index (χ1n) is 3.70. The lowest BCUT2D eigenvalue weighted by Gasteiger charge is -2.32. The molecule has 0 aliphatic carbocycles. The van der Waals surface area contributed by atoms with Gasteiger partial charge in [-0.15, -0.1) is 0 Å². The molecule has 0 bridgehead atoms. The number of rotatable bonds is 2. The Bertz CT molecular complexity index is 217. The Balaban J connectivity index is 2.68. The highest BCUT2D eigenvalue weighted by atomic mass is 16.4. The average molecular weight is 172 g/mol. The van der Waals surface area contributed by atoms with E-state index in [9.17, 15) is 4.79 Å². The van der Waals surface area contributed by atoms with Gasteiger partial charge in [-0.1, -0.05) is 0 Å². The van der Waals surface area contributed by atoms with E-state index in [0.717, 1.165) is 0 Å². The molecule has 0 aromatic carbocycles. The Kier molecular flexibility index (Phi) is 2.32. The van der Waals surface area contributed by atoms with Crippen molar-refractivity contribution in [3.63, 3.8) is 0 Å². The van der Waals surface area contributed by atoms with Crippen LogP contribution in [0, 0.1) is 0 Å². The molecule has 2 atom stereocenters. The second kappa shape index (κ2) is 3.10. The molecule has 0 saturated heterocycles. The molecule has 0 amide bonds. The largest absolute Gasteiger partial charge is 0.480 e. The highest BCUT2D eigenvalue weighted by Crippen LogP contribution is 2.16. The van der Waals surface area contributed by atoms with Gasteiger partial charge in [0.1, 0.15) is 0 Å². The molecule has 1 heterocycles. The zero-order valence-electron chi connectivity index (χ0n) is 6.82. The molecule has 1 aliphatic rings. The fourth-order valence-corrected chi connectivity index (χ4v) is 1.08. The normalized spacial score (nSPS) is 34.3. The van der Waals surface area contributed by atoms with Gasteiger partial charge in [0.2, 0.25) is 0 Å². The van der Waals surface area contributed by atoms with E-state index in [1.165, 1.54) is 6.34 Å². The smallest absolute Gasteiger partial charge is 0.328 e. The Morgan fingerprint density at radius 2 is 2.58 bits per heavy atom. The van der Waals surface area contributed by atoms with Gasteiger partial charge < -0.3 is 15.5 Å². The first-order chi connectivity index (χ1) is 5.57. The quantitative estimate of drug-likeness (QED) is 0.510. The van der Waals surface area contributed by atoms with Crippen LogP contribution < -0.4 is 5.32 Å². The fraction of sp³-hybridized carbons (Fsp3) is 0.714. The van der Waals surface area contributed by atoms with Crippen molar-refractivity contribution < 1.29 is 15.0 Å². The maximum atomic E-state index is 10.5. The lowest BCUT2D eigenvalue weighted by Crippen LogP contribution is -2.51. The van der Waals surface area contributed by atoms with Crippen LogP contribution in [0.2, 0.25) is 0 Å². The summed E-state index contributed by atoms with van der Waals surface area (Å²) in [6.45, 7) is 1.66. The molecule has 0 radical (unpaired) electrons. The van der Waals surface area contributed by atoms with Gasteiger partial charge in [-0.2, -0.15) is 0 Å². The second-order valence-corrected chi connectivity index (χ2v) is 3.20. The lowest BCUT2D eigenvalue weighted by atomic mass is 9.93. The van der Waals surface area contributed by atoms with Crippen LogP contribution in [0.25, 0.3) is 0 Å². The second-order valence-electron chi connectivity index (χ2n) is 3.20. The van der Waals surface area contributed by atoms with Gasteiger partial charge in [0, 0.05) is 6.42 Å². The number of hydrogen-bond donors (Lipinski definition) is 3. The highest BCUT2D eigenvalue weighted by Gasteiger charge is 2.32. The maximum Gasteiger partial charge on any atom is 0.328 e. The van der Waals surface area contributed by atoms with E-state index < -0.39 is 17.6 Å². The van der Waals surface area contributed by atoms with Gasteiger partial charge in [0.15, 0.2) is 6.04 Å². The van der Waals surface area contributed by atoms with Crippen molar-refractivity contribution in [2.45, 2.75) is 24.9 Å². The first-order valence-corrected chi connectivity index (χ1v) is 3.70. The van der Waals surface area contributed by atoms with E-state index in [1.54, 1.807) is 6.92 Å². The summed E-state index contributed by atoms with van der Waals surface area (Å²) in [4.78, 5) is 14.3. The van der Waals surface area contributed by atoms with Crippen molar-refractivity contribution in [1.82, 2.24) is 5.32 Å². The van der Waals surface area contributed by atoms with Crippen molar-refractivity contribution in [1.29, 1.82) is 0 Å². The molecule has 1 rings (SSSR count). The summed E-state index contributed by atoms with van der Waals surface area (Å²) >= 11 is 0. The molecule has 0 saturated carbocycles. The summed E-state index contributed by atoms with van der Waals surface area (Å²) < 4.78 is 0. The van der Waals surface area contributed by atoms with E-state index >= 15 is 0 Å². The molecule has 5 nitrogen and oxygen atoms in total. The van der Waals surface area contributed by atoms with Crippen molar-refractivity contribution in [2.24, 2.45) is 4.99 Å². The van der Waals surface area contributed by atoms with Gasteiger partial charge in [-0.05, 0) is 6.92 Å². The molecule has 5 heteroatoms. The van der Waals surface area contributed by atoms with Gasteiger partial charge in [0.25, 0.3) is 0 Å². The first kappa shape index (κ1) is 8.99. The predicted molar refractivity (Wildman–Crippen MR) is 43.2 cm³/mol. The minimum atomic E-state index is -0.951. The number of carboxylic acids is 1. The summed E-state index contributed by atoms with van der Waals surface area (Å²) in [6, 6.07) is -0.733. The number of hydrogen-bond acceptors (Lipinski definition) is 4. The minimum absolute atomic E-state index is 0.0944. The van der Waals surface area contributed by atoms with Gasteiger partial charge >= 0.3 is 5.97 Å². The maximum absolute atomic E-state index is 10.5. The molecule has 0 aromatic heterocycles. The SMILES string of the molecule is C[C@]1(CO)C[C@@H](C(=O)O)N=CN1. The number of carboxylic acid groups (broad SMARTS) is 1. The van der Waals surface area contributed by atoms with Crippen LogP contribution in [0.15, 0.2) is 4.99 Å². The zero-order chi connectivity index (χ0) is 9.19. The molecule has 68 valence electrons. The molecular weight excluding hydrogens is 160 g/mol. The van der Waals surface area contributed by atoms with Crippen LogP contribution in [-0.2, 0) is 4.79 Å². The highest BCUT2D eigenvalue weighted by molar-refractivity contribution is 5.77. The van der Waals surface area contributed by atoms with Crippen LogP contribution in [0.4, 0.5) is 0 Å². The van der Waals surface area contributed by atoms with Crippen LogP contribution in [0.3, 0.4) is 0 Å². The van der Waals surface area contributed by atoms with Gasteiger partial charge in [-0.3, -0.25) is 4.99 Å². The van der Waals surface area contributed by atoms with Crippen LogP contribution in [-0.4, -0.2) is 40.7 Å². The predicted octanol–water partition coefficient (Wildman–Crippen LogP) is -0.788. The Morgan fingerprint density at radius 3 is 3.08 bits per heavy atom.